The van der Waals surface area contributed by atoms with Crippen molar-refractivity contribution in [3.63, 3.8) is 0 Å². The summed E-state index contributed by atoms with van der Waals surface area (Å²) in [6.45, 7) is 2.01. The van der Waals surface area contributed by atoms with E-state index in [0.29, 0.717) is 12.8 Å². The van der Waals surface area contributed by atoms with E-state index in [1.54, 1.807) is 0 Å². The first-order valence-corrected chi connectivity index (χ1v) is 13.9. The minimum Gasteiger partial charge on any atom is -0.507 e. The predicted octanol–water partition coefficient (Wildman–Crippen LogP) is 1.97. The van der Waals surface area contributed by atoms with Crippen LogP contribution in [0.25, 0.3) is 0 Å². The Morgan fingerprint density at radius 1 is 0.907 bits per heavy atom. The van der Waals surface area contributed by atoms with E-state index in [1.165, 1.54) is 32.0 Å². The zero-order valence-electron chi connectivity index (χ0n) is 23.5. The van der Waals surface area contributed by atoms with E-state index < -0.39 is 60.6 Å². The number of rotatable bonds is 8. The third-order valence-electron chi connectivity index (χ3n) is 7.72. The van der Waals surface area contributed by atoms with Crippen LogP contribution in [-0.2, 0) is 29.0 Å². The molecular weight excluding hydrogens is 560 g/mol. The van der Waals surface area contributed by atoms with E-state index in [2.05, 4.69) is 0 Å². The van der Waals surface area contributed by atoms with Crippen molar-refractivity contribution in [3.05, 3.63) is 87.5 Å². The molecule has 11 nitrogen and oxygen atoms in total. The highest BCUT2D eigenvalue weighted by Crippen LogP contribution is 2.43. The number of phenols is 1. The lowest BCUT2D eigenvalue weighted by Gasteiger charge is -2.39. The molecule has 1 saturated heterocycles. The Hall–Kier alpha value is -4.13. The summed E-state index contributed by atoms with van der Waals surface area (Å²) >= 11 is 0. The number of aliphatic hydroxyl groups is 4. The van der Waals surface area contributed by atoms with Crippen LogP contribution in [0.4, 0.5) is 0 Å². The number of ketones is 2. The van der Waals surface area contributed by atoms with Crippen LogP contribution < -0.4 is 9.47 Å². The SMILES string of the molecule is CC(=O)Oc1cc(CO)c2c(c1)C(=O)c1cc(OC3OC(C)C(O)C(O)C3O)c(CCCc3ccccc3)c(O)c1C2=O. The average Bonchev–Trinajstić information content (AvgIpc) is 2.98. The van der Waals surface area contributed by atoms with E-state index in [4.69, 9.17) is 14.2 Å². The van der Waals surface area contributed by atoms with Gasteiger partial charge in [0, 0.05) is 29.2 Å². The fraction of sp³-hybridized carbons (Fsp3) is 0.344. The summed E-state index contributed by atoms with van der Waals surface area (Å²) in [5.74, 6) is -2.68. The van der Waals surface area contributed by atoms with Crippen LogP contribution in [0.2, 0.25) is 0 Å². The monoisotopic (exact) mass is 592 g/mol. The molecule has 1 fully saturated rings. The number of phenolic OH excluding ortho intramolecular Hbond substituents is 1. The molecular formula is C32H32O11. The minimum atomic E-state index is -1.67. The topological polar surface area (TPSA) is 180 Å². The summed E-state index contributed by atoms with van der Waals surface area (Å²) in [5.41, 5.74) is 0.517. The van der Waals surface area contributed by atoms with Gasteiger partial charge in [-0.1, -0.05) is 30.3 Å². The number of ether oxygens (including phenoxy) is 3. The van der Waals surface area contributed by atoms with Crippen LogP contribution in [0.3, 0.4) is 0 Å². The molecule has 0 amide bonds. The largest absolute Gasteiger partial charge is 0.507 e. The number of aryl methyl sites for hydroxylation is 1. The van der Waals surface area contributed by atoms with Gasteiger partial charge in [0.05, 0.1) is 18.3 Å². The number of carbonyl (C=O) groups excluding carboxylic acids is 3. The molecule has 5 atom stereocenters. The first-order chi connectivity index (χ1) is 20.5. The lowest BCUT2D eigenvalue weighted by molar-refractivity contribution is -0.268. The molecule has 1 aliphatic carbocycles. The van der Waals surface area contributed by atoms with E-state index >= 15 is 0 Å². The van der Waals surface area contributed by atoms with Gasteiger partial charge in [-0.2, -0.15) is 0 Å². The van der Waals surface area contributed by atoms with Crippen LogP contribution in [0.15, 0.2) is 48.5 Å². The van der Waals surface area contributed by atoms with Crippen LogP contribution in [0, 0.1) is 0 Å². The maximum Gasteiger partial charge on any atom is 0.308 e. The number of benzene rings is 3. The zero-order valence-corrected chi connectivity index (χ0v) is 23.5. The molecule has 5 N–H and O–H groups in total. The number of fused-ring (bicyclic) bond motifs is 2. The number of carbonyl (C=O) groups is 3. The third-order valence-corrected chi connectivity index (χ3v) is 7.72. The Bertz CT molecular complexity index is 1570. The van der Waals surface area contributed by atoms with Gasteiger partial charge in [0.2, 0.25) is 6.29 Å². The van der Waals surface area contributed by atoms with Gasteiger partial charge in [-0.15, -0.1) is 0 Å². The summed E-state index contributed by atoms with van der Waals surface area (Å²) in [6, 6.07) is 13.4. The van der Waals surface area contributed by atoms with Gasteiger partial charge in [0.1, 0.15) is 35.6 Å². The van der Waals surface area contributed by atoms with Crippen molar-refractivity contribution < 1.29 is 54.1 Å². The number of hydrogen-bond donors (Lipinski definition) is 5. The standard InChI is InChI=1S/C32H32O11/c1-15-26(35)30(39)31(40)32(41-15)43-23-13-22-25(28(37)20(23)10-6-9-17-7-4-3-5-8-17)29(38)24-18(14-33)11-19(42-16(2)34)12-21(24)27(22)36/h3-5,7-8,11-13,15,26,30-33,35,37,39-40H,6,9-10,14H2,1-2H3. The lowest BCUT2D eigenvalue weighted by Crippen LogP contribution is -2.58. The van der Waals surface area contributed by atoms with Crippen LogP contribution in [-0.4, -0.2) is 73.8 Å². The summed E-state index contributed by atoms with van der Waals surface area (Å²) in [5, 5.41) is 52.5. The minimum absolute atomic E-state index is 0.0432. The van der Waals surface area contributed by atoms with Crippen molar-refractivity contribution in [3.8, 4) is 17.2 Å². The number of aliphatic hydroxyl groups excluding tert-OH is 4. The molecule has 3 aromatic carbocycles. The molecule has 1 aliphatic heterocycles. The smallest absolute Gasteiger partial charge is 0.308 e. The second kappa shape index (κ2) is 12.2. The number of hydrogen-bond acceptors (Lipinski definition) is 11. The van der Waals surface area contributed by atoms with Gasteiger partial charge in [-0.05, 0) is 55.5 Å². The molecule has 2 aliphatic rings. The van der Waals surface area contributed by atoms with Gasteiger partial charge in [0.25, 0.3) is 0 Å². The van der Waals surface area contributed by atoms with Crippen molar-refractivity contribution >= 4 is 17.5 Å². The Morgan fingerprint density at radius 2 is 1.60 bits per heavy atom. The molecule has 0 aromatic heterocycles. The summed E-state index contributed by atoms with van der Waals surface area (Å²) in [6.07, 6.45) is -5.71. The van der Waals surface area contributed by atoms with Crippen molar-refractivity contribution in [2.24, 2.45) is 0 Å². The zero-order chi connectivity index (χ0) is 31.0. The van der Waals surface area contributed by atoms with E-state index in [1.807, 2.05) is 30.3 Å². The van der Waals surface area contributed by atoms with Gasteiger partial charge in [-0.25, -0.2) is 0 Å². The lowest BCUT2D eigenvalue weighted by atomic mass is 9.80. The van der Waals surface area contributed by atoms with Crippen molar-refractivity contribution in [2.45, 2.75) is 70.4 Å². The highest BCUT2D eigenvalue weighted by atomic mass is 16.7. The Morgan fingerprint density at radius 3 is 2.28 bits per heavy atom. The maximum absolute atomic E-state index is 13.8. The van der Waals surface area contributed by atoms with Gasteiger partial charge in [-0.3, -0.25) is 14.4 Å². The van der Waals surface area contributed by atoms with E-state index in [9.17, 15) is 39.9 Å². The number of esters is 1. The second-order valence-corrected chi connectivity index (χ2v) is 10.7. The normalized spacial score (nSPS) is 23.0. The second-order valence-electron chi connectivity index (χ2n) is 10.7. The fourth-order valence-electron chi connectivity index (χ4n) is 5.53. The molecule has 43 heavy (non-hydrogen) atoms. The van der Waals surface area contributed by atoms with E-state index in [-0.39, 0.29) is 51.3 Å². The van der Waals surface area contributed by atoms with Crippen LogP contribution >= 0.6 is 0 Å². The Kier molecular flexibility index (Phi) is 8.63. The van der Waals surface area contributed by atoms with Gasteiger partial charge < -0.3 is 39.7 Å². The molecule has 0 spiro atoms. The summed E-state index contributed by atoms with van der Waals surface area (Å²) in [7, 11) is 0. The Labute approximate surface area is 246 Å². The average molecular weight is 593 g/mol. The molecule has 5 rings (SSSR count). The van der Waals surface area contributed by atoms with Crippen LogP contribution in [0.5, 0.6) is 17.2 Å². The highest BCUT2D eigenvalue weighted by molar-refractivity contribution is 6.30. The predicted molar refractivity (Wildman–Crippen MR) is 150 cm³/mol. The van der Waals surface area contributed by atoms with Crippen molar-refractivity contribution in [1.29, 1.82) is 0 Å². The first kappa shape index (κ1) is 30.3. The molecule has 3 aromatic rings. The quantitative estimate of drug-likeness (QED) is 0.149. The van der Waals surface area contributed by atoms with Crippen molar-refractivity contribution in [1.82, 2.24) is 0 Å². The fourth-order valence-corrected chi connectivity index (χ4v) is 5.53. The molecule has 226 valence electrons. The van der Waals surface area contributed by atoms with Crippen LogP contribution in [0.1, 0.15) is 68.8 Å². The molecule has 0 saturated carbocycles. The maximum atomic E-state index is 13.8. The summed E-state index contributed by atoms with van der Waals surface area (Å²) in [4.78, 5) is 39.2. The molecule has 11 heteroatoms. The first-order valence-electron chi connectivity index (χ1n) is 13.9. The molecule has 5 unspecified atom stereocenters. The number of aromatic hydroxyl groups is 1. The molecule has 0 bridgehead atoms. The summed E-state index contributed by atoms with van der Waals surface area (Å²) < 4.78 is 16.7. The molecule has 0 radical (unpaired) electrons. The van der Waals surface area contributed by atoms with E-state index in [0.717, 1.165) is 5.56 Å². The van der Waals surface area contributed by atoms with Gasteiger partial charge in [0.15, 0.2) is 11.6 Å². The third kappa shape index (κ3) is 5.77. The van der Waals surface area contributed by atoms with Crippen molar-refractivity contribution in [2.75, 3.05) is 0 Å². The highest BCUT2D eigenvalue weighted by Gasteiger charge is 2.44. The van der Waals surface area contributed by atoms with Gasteiger partial charge >= 0.3 is 5.97 Å². The Balaban J connectivity index is 1.59. The molecule has 1 heterocycles.